The third kappa shape index (κ3) is 3.04. The highest BCUT2D eigenvalue weighted by molar-refractivity contribution is 6.21. The van der Waals surface area contributed by atoms with Crippen LogP contribution >= 0.6 is 0 Å². The second kappa shape index (κ2) is 6.02. The molecule has 1 fully saturated rings. The summed E-state index contributed by atoms with van der Waals surface area (Å²) in [5.41, 5.74) is 1.62. The molecule has 8 heteroatoms. The molecule has 3 rings (SSSR count). The Bertz CT molecular complexity index is 799. The summed E-state index contributed by atoms with van der Waals surface area (Å²) in [7, 11) is 0. The summed E-state index contributed by atoms with van der Waals surface area (Å²) in [5.74, 6) is -3.11. The number of nitrogens with one attached hydrogen (secondary N) is 2. The maximum atomic E-state index is 12.7. The van der Waals surface area contributed by atoms with Crippen molar-refractivity contribution in [1.29, 1.82) is 0 Å². The fraction of sp³-hybridized carbons (Fsp3) is 0.353. The molecular weight excluding hydrogens is 337 g/mol. The van der Waals surface area contributed by atoms with E-state index in [0.29, 0.717) is 22.4 Å². The molecule has 2 unspecified atom stereocenters. The number of amides is 2. The van der Waals surface area contributed by atoms with Gasteiger partial charge in [-0.15, -0.1) is 0 Å². The lowest BCUT2D eigenvalue weighted by molar-refractivity contribution is -0.171. The highest BCUT2D eigenvalue weighted by Crippen LogP contribution is 2.32. The first-order chi connectivity index (χ1) is 11.7. The van der Waals surface area contributed by atoms with Gasteiger partial charge in [-0.25, -0.2) is 0 Å². The third-order valence-corrected chi connectivity index (χ3v) is 4.49. The number of allylic oxidation sites excluding steroid dienone is 1. The number of fused-ring (bicyclic) bond motifs is 1. The molecule has 132 valence electrons. The Balaban J connectivity index is 1.76. The normalized spacial score (nSPS) is 23.4. The van der Waals surface area contributed by atoms with Gasteiger partial charge in [-0.2, -0.15) is 13.2 Å². The summed E-state index contributed by atoms with van der Waals surface area (Å²) >= 11 is 0. The molecule has 1 aromatic rings. The minimum atomic E-state index is -4.53. The Hall–Kier alpha value is -2.64. The fourth-order valence-corrected chi connectivity index (χ4v) is 3.09. The van der Waals surface area contributed by atoms with E-state index in [-0.39, 0.29) is 18.6 Å². The van der Waals surface area contributed by atoms with E-state index in [1.54, 1.807) is 31.2 Å². The molecule has 1 aromatic carbocycles. The topological polar surface area (TPSA) is 75.3 Å². The van der Waals surface area contributed by atoms with Crippen LogP contribution in [0.5, 0.6) is 0 Å². The van der Waals surface area contributed by atoms with Crippen LogP contribution in [-0.2, 0) is 9.59 Å². The van der Waals surface area contributed by atoms with Gasteiger partial charge in [-0.3, -0.25) is 14.4 Å². The van der Waals surface area contributed by atoms with Gasteiger partial charge in [0.25, 0.3) is 0 Å². The Morgan fingerprint density at radius 1 is 1.16 bits per heavy atom. The van der Waals surface area contributed by atoms with Crippen LogP contribution < -0.4 is 10.6 Å². The molecule has 1 saturated heterocycles. The smallest absolute Gasteiger partial charge is 0.344 e. The number of benzene rings is 1. The van der Waals surface area contributed by atoms with Gasteiger partial charge in [0, 0.05) is 16.7 Å². The van der Waals surface area contributed by atoms with E-state index < -0.39 is 30.0 Å². The molecule has 2 amide bonds. The van der Waals surface area contributed by atoms with Crippen LogP contribution in [0.1, 0.15) is 35.7 Å². The van der Waals surface area contributed by atoms with Gasteiger partial charge in [0.15, 0.2) is 5.78 Å². The van der Waals surface area contributed by atoms with Crippen LogP contribution in [0, 0.1) is 5.92 Å². The number of Topliss-reactive ketones (excluding diaryl/α,β-unsaturated/α-hetero) is 1. The zero-order valence-electron chi connectivity index (χ0n) is 13.2. The molecule has 1 aliphatic carbocycles. The number of alkyl halides is 3. The fourth-order valence-electron chi connectivity index (χ4n) is 3.09. The van der Waals surface area contributed by atoms with Gasteiger partial charge in [0.1, 0.15) is 12.0 Å². The lowest BCUT2D eigenvalue weighted by Crippen LogP contribution is -2.54. The van der Waals surface area contributed by atoms with Crippen molar-refractivity contribution in [2.75, 3.05) is 0 Å². The quantitative estimate of drug-likeness (QED) is 0.801. The van der Waals surface area contributed by atoms with Gasteiger partial charge in [-0.1, -0.05) is 24.3 Å². The predicted octanol–water partition coefficient (Wildman–Crippen LogP) is 2.19. The van der Waals surface area contributed by atoms with E-state index in [1.165, 1.54) is 0 Å². The van der Waals surface area contributed by atoms with Gasteiger partial charge in [0.2, 0.25) is 11.8 Å². The van der Waals surface area contributed by atoms with Gasteiger partial charge in [-0.05, 0) is 19.8 Å². The molecule has 2 atom stereocenters. The average molecular weight is 352 g/mol. The first kappa shape index (κ1) is 17.2. The molecule has 2 N–H and O–H groups in total. The maximum Gasteiger partial charge on any atom is 0.408 e. The number of halogens is 3. The number of hydrogen-bond acceptors (Lipinski definition) is 3. The Kier molecular flexibility index (Phi) is 4.14. The van der Waals surface area contributed by atoms with Crippen molar-refractivity contribution in [3.8, 4) is 0 Å². The summed E-state index contributed by atoms with van der Waals surface area (Å²) in [6.45, 7) is 1.55. The first-order valence-corrected chi connectivity index (χ1v) is 7.73. The molecule has 1 aliphatic heterocycles. The van der Waals surface area contributed by atoms with Crippen molar-refractivity contribution in [3.63, 3.8) is 0 Å². The van der Waals surface area contributed by atoms with E-state index in [0.717, 1.165) is 0 Å². The minimum absolute atomic E-state index is 0.205. The summed E-state index contributed by atoms with van der Waals surface area (Å²) < 4.78 is 38.0. The van der Waals surface area contributed by atoms with E-state index in [9.17, 15) is 27.6 Å². The number of ketones is 1. The second-order valence-corrected chi connectivity index (χ2v) is 6.10. The van der Waals surface area contributed by atoms with Crippen molar-refractivity contribution in [2.24, 2.45) is 5.92 Å². The van der Waals surface area contributed by atoms with E-state index in [4.69, 9.17) is 0 Å². The third-order valence-electron chi connectivity index (χ3n) is 4.49. The second-order valence-electron chi connectivity index (χ2n) is 6.10. The van der Waals surface area contributed by atoms with E-state index in [1.807, 2.05) is 5.32 Å². The number of carbonyl (C=O) groups is 3. The van der Waals surface area contributed by atoms with Crippen molar-refractivity contribution in [3.05, 3.63) is 41.0 Å². The molecule has 0 saturated carbocycles. The largest absolute Gasteiger partial charge is 0.408 e. The maximum absolute atomic E-state index is 12.7. The lowest BCUT2D eigenvalue weighted by atomic mass is 9.92. The van der Waals surface area contributed by atoms with Crippen molar-refractivity contribution in [1.82, 2.24) is 10.6 Å². The van der Waals surface area contributed by atoms with Gasteiger partial charge >= 0.3 is 6.18 Å². The molecule has 5 nitrogen and oxygen atoms in total. The molecule has 0 radical (unpaired) electrons. The van der Waals surface area contributed by atoms with Gasteiger partial charge in [0.05, 0.1) is 5.70 Å². The van der Waals surface area contributed by atoms with Crippen LogP contribution in [0.15, 0.2) is 29.8 Å². The Morgan fingerprint density at radius 2 is 1.80 bits per heavy atom. The number of piperidine rings is 1. The van der Waals surface area contributed by atoms with Crippen LogP contribution in [0.2, 0.25) is 0 Å². The zero-order chi connectivity index (χ0) is 18.4. The van der Waals surface area contributed by atoms with Crippen molar-refractivity contribution < 1.29 is 27.6 Å². The van der Waals surface area contributed by atoms with E-state index in [2.05, 4.69) is 5.32 Å². The minimum Gasteiger partial charge on any atom is -0.344 e. The summed E-state index contributed by atoms with van der Waals surface area (Å²) in [4.78, 5) is 36.5. The molecule has 0 bridgehead atoms. The van der Waals surface area contributed by atoms with Crippen LogP contribution in [-0.4, -0.2) is 29.8 Å². The molecule has 0 aromatic heterocycles. The number of hydrogen-bond donors (Lipinski definition) is 2. The molecule has 0 spiro atoms. The molecule has 25 heavy (non-hydrogen) atoms. The lowest BCUT2D eigenvalue weighted by Gasteiger charge is -2.29. The van der Waals surface area contributed by atoms with Crippen LogP contribution in [0.25, 0.3) is 5.70 Å². The molecular formula is C17H15F3N2O3. The van der Waals surface area contributed by atoms with E-state index >= 15 is 0 Å². The predicted molar refractivity (Wildman–Crippen MR) is 82.2 cm³/mol. The monoisotopic (exact) mass is 352 g/mol. The van der Waals surface area contributed by atoms with Crippen LogP contribution in [0.4, 0.5) is 13.2 Å². The number of carbonyl (C=O) groups excluding carboxylic acids is 3. The highest BCUT2D eigenvalue weighted by Gasteiger charge is 2.46. The van der Waals surface area contributed by atoms with Crippen LogP contribution in [0.3, 0.4) is 0 Å². The summed E-state index contributed by atoms with van der Waals surface area (Å²) in [6, 6.07) is 4.76. The summed E-state index contributed by atoms with van der Waals surface area (Å²) in [5, 5.41) is 4.39. The summed E-state index contributed by atoms with van der Waals surface area (Å²) in [6.07, 6.45) is -5.10. The van der Waals surface area contributed by atoms with Crippen molar-refractivity contribution in [2.45, 2.75) is 32.0 Å². The van der Waals surface area contributed by atoms with Gasteiger partial charge < -0.3 is 10.6 Å². The zero-order valence-corrected chi connectivity index (χ0v) is 13.2. The highest BCUT2D eigenvalue weighted by atomic mass is 19.4. The molecule has 2 aliphatic rings. The Labute approximate surface area is 141 Å². The molecule has 1 heterocycles. The first-order valence-electron chi connectivity index (χ1n) is 7.73. The Morgan fingerprint density at radius 3 is 2.40 bits per heavy atom. The van der Waals surface area contributed by atoms with Crippen molar-refractivity contribution >= 4 is 23.3 Å². The standard InChI is InChI=1S/C17H15F3N2O3/c1-8-13(9-4-2-3-5-10(9)14(8)23)22-16(25)11-6-7-12(17(18,19)20)21-15(11)24/h2-5,11-12H,6-7H2,1H3,(H,21,24)(H,22,25). The SMILES string of the molecule is CC1=C(NC(=O)C2CCC(C(F)(F)F)NC2=O)c2ccccc2C1=O. The average Bonchev–Trinajstić information content (AvgIpc) is 2.79. The number of rotatable bonds is 2.